The molecule has 0 aromatic heterocycles. The molecular weight excluding hydrogens is 242 g/mol. The van der Waals surface area contributed by atoms with Gasteiger partial charge in [-0.25, -0.2) is 0 Å². The second kappa shape index (κ2) is 7.05. The van der Waals surface area contributed by atoms with Gasteiger partial charge < -0.3 is 5.32 Å². The summed E-state index contributed by atoms with van der Waals surface area (Å²) in [6.45, 7) is 11.3. The van der Waals surface area contributed by atoms with E-state index in [0.717, 1.165) is 23.4 Å². The Bertz CT molecular complexity index is 417. The van der Waals surface area contributed by atoms with E-state index >= 15 is 0 Å². The highest BCUT2D eigenvalue weighted by atomic mass is 32.2. The third-order valence-corrected chi connectivity index (χ3v) is 5.25. The third-order valence-electron chi connectivity index (χ3n) is 3.36. The standard InChI is InChI=1S/C15H25NOS/c1-6-14(16-7-2)13(5)18(17)15-9-8-11(3)10-12(15)4/h8-10,13-14,16H,6-7H2,1-5H3. The van der Waals surface area contributed by atoms with E-state index in [9.17, 15) is 4.21 Å². The van der Waals surface area contributed by atoms with Gasteiger partial charge in [0.05, 0.1) is 16.0 Å². The summed E-state index contributed by atoms with van der Waals surface area (Å²) in [7, 11) is -0.942. The van der Waals surface area contributed by atoms with Gasteiger partial charge in [0, 0.05) is 10.9 Å². The van der Waals surface area contributed by atoms with Gasteiger partial charge in [0.25, 0.3) is 0 Å². The first-order valence-electron chi connectivity index (χ1n) is 6.72. The quantitative estimate of drug-likeness (QED) is 0.857. The molecule has 1 aromatic carbocycles. The summed E-state index contributed by atoms with van der Waals surface area (Å²) in [4.78, 5) is 0.976. The molecule has 0 bridgehead atoms. The van der Waals surface area contributed by atoms with Crippen molar-refractivity contribution >= 4 is 10.8 Å². The molecule has 2 nitrogen and oxygen atoms in total. The zero-order valence-corrected chi connectivity index (χ0v) is 12.9. The van der Waals surface area contributed by atoms with Crippen molar-refractivity contribution in [3.8, 4) is 0 Å². The molecule has 0 fully saturated rings. The number of benzene rings is 1. The van der Waals surface area contributed by atoms with Crippen molar-refractivity contribution in [1.82, 2.24) is 5.32 Å². The van der Waals surface area contributed by atoms with Crippen LogP contribution in [0.3, 0.4) is 0 Å². The molecule has 0 aliphatic carbocycles. The lowest BCUT2D eigenvalue weighted by molar-refractivity contribution is 0.500. The minimum atomic E-state index is -0.942. The van der Waals surface area contributed by atoms with Crippen LogP contribution in [0.15, 0.2) is 23.1 Å². The van der Waals surface area contributed by atoms with Crippen LogP contribution in [0.5, 0.6) is 0 Å². The number of aryl methyl sites for hydroxylation is 2. The van der Waals surface area contributed by atoms with E-state index in [0.29, 0.717) is 6.04 Å². The van der Waals surface area contributed by atoms with E-state index in [4.69, 9.17) is 0 Å². The maximum atomic E-state index is 12.6. The van der Waals surface area contributed by atoms with Crippen molar-refractivity contribution in [1.29, 1.82) is 0 Å². The van der Waals surface area contributed by atoms with Gasteiger partial charge >= 0.3 is 0 Å². The second-order valence-corrected chi connectivity index (χ2v) is 6.62. The normalized spacial score (nSPS) is 16.3. The van der Waals surface area contributed by atoms with Crippen molar-refractivity contribution in [2.45, 2.75) is 57.2 Å². The predicted molar refractivity (Wildman–Crippen MR) is 79.5 cm³/mol. The predicted octanol–water partition coefficient (Wildman–Crippen LogP) is 3.19. The molecule has 0 saturated carbocycles. The summed E-state index contributed by atoms with van der Waals surface area (Å²) in [5.74, 6) is 0. The Kier molecular flexibility index (Phi) is 6.03. The van der Waals surface area contributed by atoms with Gasteiger partial charge in [-0.1, -0.05) is 31.5 Å². The summed E-state index contributed by atoms with van der Waals surface area (Å²) in [5, 5.41) is 3.56. The molecule has 3 atom stereocenters. The molecule has 0 saturated heterocycles. The Morgan fingerprint density at radius 1 is 1.28 bits per heavy atom. The number of nitrogens with one attached hydrogen (secondary N) is 1. The lowest BCUT2D eigenvalue weighted by Crippen LogP contribution is -2.40. The number of hydrogen-bond donors (Lipinski definition) is 1. The third kappa shape index (κ3) is 3.66. The van der Waals surface area contributed by atoms with Gasteiger partial charge in [0.2, 0.25) is 0 Å². The highest BCUT2D eigenvalue weighted by Gasteiger charge is 2.22. The zero-order valence-electron chi connectivity index (χ0n) is 12.1. The molecule has 0 radical (unpaired) electrons. The molecule has 0 spiro atoms. The fourth-order valence-electron chi connectivity index (χ4n) is 2.28. The zero-order chi connectivity index (χ0) is 13.7. The van der Waals surface area contributed by atoms with Gasteiger partial charge in [-0.2, -0.15) is 0 Å². The maximum absolute atomic E-state index is 12.6. The van der Waals surface area contributed by atoms with Crippen LogP contribution in [0.1, 0.15) is 38.3 Å². The first kappa shape index (κ1) is 15.4. The first-order valence-corrected chi connectivity index (χ1v) is 7.93. The summed E-state index contributed by atoms with van der Waals surface area (Å²) < 4.78 is 12.6. The smallest absolute Gasteiger partial charge is 0.0576 e. The van der Waals surface area contributed by atoms with E-state index in [1.165, 1.54) is 5.56 Å². The van der Waals surface area contributed by atoms with Crippen molar-refractivity contribution in [3.05, 3.63) is 29.3 Å². The van der Waals surface area contributed by atoms with Crippen LogP contribution in [0.25, 0.3) is 0 Å². The van der Waals surface area contributed by atoms with Crippen molar-refractivity contribution in [2.24, 2.45) is 0 Å². The van der Waals surface area contributed by atoms with E-state index in [1.54, 1.807) is 0 Å². The molecule has 0 amide bonds. The molecular formula is C15H25NOS. The van der Waals surface area contributed by atoms with E-state index in [-0.39, 0.29) is 5.25 Å². The van der Waals surface area contributed by atoms with Gasteiger partial charge in [-0.05, 0) is 45.4 Å². The minimum Gasteiger partial charge on any atom is -0.313 e. The highest BCUT2D eigenvalue weighted by Crippen LogP contribution is 2.20. The van der Waals surface area contributed by atoms with Crippen molar-refractivity contribution < 1.29 is 4.21 Å². The molecule has 18 heavy (non-hydrogen) atoms. The van der Waals surface area contributed by atoms with E-state index < -0.39 is 10.8 Å². The Hall–Kier alpha value is -0.670. The lowest BCUT2D eigenvalue weighted by Gasteiger charge is -2.23. The second-order valence-electron chi connectivity index (χ2n) is 4.84. The molecule has 3 heteroatoms. The molecule has 0 aliphatic rings. The van der Waals surface area contributed by atoms with Crippen LogP contribution < -0.4 is 5.32 Å². The Balaban J connectivity index is 2.91. The van der Waals surface area contributed by atoms with Gasteiger partial charge in [-0.3, -0.25) is 4.21 Å². The van der Waals surface area contributed by atoms with Crippen LogP contribution in [0.4, 0.5) is 0 Å². The fourth-order valence-corrected chi connectivity index (χ4v) is 3.84. The Labute approximate surface area is 114 Å². The number of hydrogen-bond acceptors (Lipinski definition) is 2. The van der Waals surface area contributed by atoms with Crippen LogP contribution in [0, 0.1) is 13.8 Å². The van der Waals surface area contributed by atoms with Gasteiger partial charge in [-0.15, -0.1) is 0 Å². The van der Waals surface area contributed by atoms with Crippen LogP contribution in [-0.2, 0) is 10.8 Å². The average Bonchev–Trinajstić information content (AvgIpc) is 2.34. The van der Waals surface area contributed by atoms with Crippen molar-refractivity contribution in [2.75, 3.05) is 6.54 Å². The van der Waals surface area contributed by atoms with E-state index in [2.05, 4.69) is 39.1 Å². The van der Waals surface area contributed by atoms with Gasteiger partial charge in [0.1, 0.15) is 0 Å². The highest BCUT2D eigenvalue weighted by molar-refractivity contribution is 7.85. The molecule has 0 heterocycles. The molecule has 1 N–H and O–H groups in total. The minimum absolute atomic E-state index is 0.136. The van der Waals surface area contributed by atoms with Crippen LogP contribution in [-0.4, -0.2) is 22.0 Å². The summed E-state index contributed by atoms with van der Waals surface area (Å²) in [5.41, 5.74) is 2.35. The Morgan fingerprint density at radius 2 is 1.94 bits per heavy atom. The fraction of sp³-hybridized carbons (Fsp3) is 0.600. The molecule has 102 valence electrons. The summed E-state index contributed by atoms with van der Waals surface area (Å²) in [6.07, 6.45) is 1.01. The molecule has 0 aliphatic heterocycles. The molecule has 1 aromatic rings. The number of rotatable bonds is 6. The average molecular weight is 267 g/mol. The maximum Gasteiger partial charge on any atom is 0.0576 e. The monoisotopic (exact) mass is 267 g/mol. The SMILES string of the molecule is CCNC(CC)C(C)S(=O)c1ccc(C)cc1C. The summed E-state index contributed by atoms with van der Waals surface area (Å²) in [6, 6.07) is 6.47. The van der Waals surface area contributed by atoms with Crippen molar-refractivity contribution in [3.63, 3.8) is 0 Å². The van der Waals surface area contributed by atoms with Crippen LogP contribution in [0.2, 0.25) is 0 Å². The van der Waals surface area contributed by atoms with Gasteiger partial charge in [0.15, 0.2) is 0 Å². The van der Waals surface area contributed by atoms with E-state index in [1.807, 2.05) is 19.1 Å². The van der Waals surface area contributed by atoms with Crippen LogP contribution >= 0.6 is 0 Å². The topological polar surface area (TPSA) is 29.1 Å². The largest absolute Gasteiger partial charge is 0.313 e. The lowest BCUT2D eigenvalue weighted by atomic mass is 10.1. The molecule has 1 rings (SSSR count). The first-order chi connectivity index (χ1) is 8.51. The Morgan fingerprint density at radius 3 is 2.44 bits per heavy atom. The molecule has 3 unspecified atom stereocenters. The summed E-state index contributed by atoms with van der Waals surface area (Å²) >= 11 is 0.